The van der Waals surface area contributed by atoms with Gasteiger partial charge in [-0.3, -0.25) is 14.9 Å². The van der Waals surface area contributed by atoms with E-state index in [1.165, 1.54) is 12.1 Å². The van der Waals surface area contributed by atoms with Crippen LogP contribution in [0, 0.1) is 10.1 Å². The third-order valence-electron chi connectivity index (χ3n) is 3.12. The van der Waals surface area contributed by atoms with Gasteiger partial charge in [0.25, 0.3) is 0 Å². The quantitative estimate of drug-likeness (QED) is 0.392. The molecule has 0 aromatic heterocycles. The maximum Gasteiger partial charge on any atom is 0.416 e. The molecule has 0 fully saturated rings. The predicted octanol–water partition coefficient (Wildman–Crippen LogP) is 4.22. The molecule has 0 heterocycles. The molecule has 0 aliphatic carbocycles. The summed E-state index contributed by atoms with van der Waals surface area (Å²) in [4.78, 5) is 21.8. The summed E-state index contributed by atoms with van der Waals surface area (Å²) in [5, 5.41) is 20.0. The summed E-state index contributed by atoms with van der Waals surface area (Å²) in [6.45, 7) is 0. The van der Waals surface area contributed by atoms with Crippen LogP contribution >= 0.6 is 0 Å². The van der Waals surface area contributed by atoms with Crippen LogP contribution in [0.5, 0.6) is 5.75 Å². The van der Waals surface area contributed by atoms with Crippen LogP contribution in [0.1, 0.15) is 21.5 Å². The smallest absolute Gasteiger partial charge is 0.416 e. The van der Waals surface area contributed by atoms with Crippen LogP contribution in [0.3, 0.4) is 0 Å². The van der Waals surface area contributed by atoms with Gasteiger partial charge in [-0.25, -0.2) is 0 Å². The fourth-order valence-electron chi connectivity index (χ4n) is 1.88. The number of carbonyl (C=O) groups excluding carboxylic acids is 1. The molecule has 0 aliphatic rings. The number of benzene rings is 2. The van der Waals surface area contributed by atoms with Crippen molar-refractivity contribution in [3.05, 3.63) is 75.3 Å². The molecule has 0 saturated carbocycles. The fraction of sp³-hybridized carbons (Fsp3) is 0.0625. The average Bonchev–Trinajstić information content (AvgIpc) is 2.52. The minimum Gasteiger partial charge on any atom is -0.502 e. The molecule has 0 amide bonds. The molecule has 0 spiro atoms. The molecule has 1 N–H and O–H groups in total. The molecule has 2 aromatic carbocycles. The Bertz CT molecular complexity index is 811. The summed E-state index contributed by atoms with van der Waals surface area (Å²) in [6.07, 6.45) is -2.13. The summed E-state index contributed by atoms with van der Waals surface area (Å²) >= 11 is 0. The number of nitro groups is 1. The van der Waals surface area contributed by atoms with Crippen LogP contribution in [-0.2, 0) is 6.18 Å². The van der Waals surface area contributed by atoms with Crippen molar-refractivity contribution in [2.75, 3.05) is 0 Å². The number of halogens is 3. The number of hydrogen-bond acceptors (Lipinski definition) is 4. The van der Waals surface area contributed by atoms with E-state index in [1.54, 1.807) is 0 Å². The molecular formula is C16H10F3NO4. The van der Waals surface area contributed by atoms with E-state index < -0.39 is 33.9 Å². The summed E-state index contributed by atoms with van der Waals surface area (Å²) < 4.78 is 37.4. The minimum atomic E-state index is -4.48. The van der Waals surface area contributed by atoms with Crippen LogP contribution in [0.15, 0.2) is 48.5 Å². The fourth-order valence-corrected chi connectivity index (χ4v) is 1.88. The first kappa shape index (κ1) is 17.2. The molecule has 0 atom stereocenters. The lowest BCUT2D eigenvalue weighted by atomic mass is 10.1. The number of allylic oxidation sites excluding steroid dienone is 1. The molecular weight excluding hydrogens is 327 g/mol. The Labute approximate surface area is 133 Å². The maximum absolute atomic E-state index is 12.5. The van der Waals surface area contributed by atoms with Gasteiger partial charge in [-0.2, -0.15) is 13.2 Å². The highest BCUT2D eigenvalue weighted by atomic mass is 19.4. The Kier molecular flexibility index (Phi) is 4.68. The van der Waals surface area contributed by atoms with Gasteiger partial charge in [0.2, 0.25) is 0 Å². The van der Waals surface area contributed by atoms with Crippen molar-refractivity contribution in [1.29, 1.82) is 0 Å². The third kappa shape index (κ3) is 3.97. The molecule has 0 saturated heterocycles. The zero-order chi connectivity index (χ0) is 17.9. The van der Waals surface area contributed by atoms with Crippen molar-refractivity contribution >= 4 is 17.5 Å². The standard InChI is InChI=1S/C16H10F3NO4/c17-16(18,19)12-5-3-11(4-6-12)14(21)7-1-10-2-8-15(22)13(9-10)20(23)24/h1-9,22H/b7-1+. The highest BCUT2D eigenvalue weighted by molar-refractivity contribution is 6.06. The Morgan fingerprint density at radius 2 is 1.75 bits per heavy atom. The third-order valence-corrected chi connectivity index (χ3v) is 3.12. The van der Waals surface area contributed by atoms with E-state index in [1.807, 2.05) is 0 Å². The summed E-state index contributed by atoms with van der Waals surface area (Å²) in [5.74, 6) is -1.06. The Morgan fingerprint density at radius 3 is 2.29 bits per heavy atom. The molecule has 0 bridgehead atoms. The van der Waals surface area contributed by atoms with Gasteiger partial charge in [0, 0.05) is 11.6 Å². The molecule has 2 aromatic rings. The van der Waals surface area contributed by atoms with Crippen molar-refractivity contribution in [3.63, 3.8) is 0 Å². The average molecular weight is 337 g/mol. The predicted molar refractivity (Wildman–Crippen MR) is 79.6 cm³/mol. The normalized spacial score (nSPS) is 11.6. The van der Waals surface area contributed by atoms with E-state index in [-0.39, 0.29) is 5.56 Å². The number of rotatable bonds is 4. The minimum absolute atomic E-state index is 0.0486. The van der Waals surface area contributed by atoms with Gasteiger partial charge in [0.05, 0.1) is 10.5 Å². The maximum atomic E-state index is 12.5. The molecule has 0 radical (unpaired) electrons. The molecule has 124 valence electrons. The van der Waals surface area contributed by atoms with E-state index in [9.17, 15) is 33.2 Å². The monoisotopic (exact) mass is 337 g/mol. The summed E-state index contributed by atoms with van der Waals surface area (Å²) in [6, 6.07) is 7.24. The first-order chi connectivity index (χ1) is 11.2. The first-order valence-electron chi connectivity index (χ1n) is 6.55. The number of nitro benzene ring substituents is 1. The van der Waals surface area contributed by atoms with E-state index >= 15 is 0 Å². The second-order valence-corrected chi connectivity index (χ2v) is 4.78. The lowest BCUT2D eigenvalue weighted by Gasteiger charge is -2.06. The topological polar surface area (TPSA) is 80.4 Å². The molecule has 24 heavy (non-hydrogen) atoms. The zero-order valence-electron chi connectivity index (χ0n) is 11.9. The van der Waals surface area contributed by atoms with Crippen LogP contribution in [-0.4, -0.2) is 15.8 Å². The number of nitrogens with zero attached hydrogens (tertiary/aromatic N) is 1. The van der Waals surface area contributed by atoms with Crippen molar-refractivity contribution in [3.8, 4) is 5.75 Å². The van der Waals surface area contributed by atoms with Crippen molar-refractivity contribution in [1.82, 2.24) is 0 Å². The van der Waals surface area contributed by atoms with Crippen molar-refractivity contribution in [2.24, 2.45) is 0 Å². The molecule has 5 nitrogen and oxygen atoms in total. The number of alkyl halides is 3. The molecule has 0 unspecified atom stereocenters. The van der Waals surface area contributed by atoms with Crippen molar-refractivity contribution in [2.45, 2.75) is 6.18 Å². The van der Waals surface area contributed by atoms with Gasteiger partial charge in [-0.1, -0.05) is 24.3 Å². The number of phenols is 1. The molecule has 8 heteroatoms. The lowest BCUT2D eigenvalue weighted by Crippen LogP contribution is -2.05. The van der Waals surface area contributed by atoms with E-state index in [0.29, 0.717) is 5.56 Å². The molecule has 0 aliphatic heterocycles. The van der Waals surface area contributed by atoms with Gasteiger partial charge in [-0.05, 0) is 29.8 Å². The van der Waals surface area contributed by atoms with Crippen LogP contribution in [0.25, 0.3) is 6.08 Å². The van der Waals surface area contributed by atoms with Gasteiger partial charge >= 0.3 is 11.9 Å². The number of ketones is 1. The van der Waals surface area contributed by atoms with E-state index in [0.717, 1.165) is 42.5 Å². The lowest BCUT2D eigenvalue weighted by molar-refractivity contribution is -0.385. The second-order valence-electron chi connectivity index (χ2n) is 4.78. The van der Waals surface area contributed by atoms with Crippen molar-refractivity contribution < 1.29 is 28.0 Å². The van der Waals surface area contributed by atoms with Gasteiger partial charge in [0.1, 0.15) is 0 Å². The van der Waals surface area contributed by atoms with Gasteiger partial charge in [-0.15, -0.1) is 0 Å². The number of carbonyl (C=O) groups is 1. The Hall–Kier alpha value is -3.16. The largest absolute Gasteiger partial charge is 0.502 e. The molecule has 2 rings (SSSR count). The van der Waals surface area contributed by atoms with Gasteiger partial charge < -0.3 is 5.11 Å². The zero-order valence-corrected chi connectivity index (χ0v) is 11.9. The SMILES string of the molecule is O=C(/C=C/c1ccc(O)c([N+](=O)[O-])c1)c1ccc(C(F)(F)F)cc1. The summed E-state index contributed by atoms with van der Waals surface area (Å²) in [7, 11) is 0. The second kappa shape index (κ2) is 6.53. The highest BCUT2D eigenvalue weighted by Crippen LogP contribution is 2.29. The van der Waals surface area contributed by atoms with E-state index in [2.05, 4.69) is 0 Å². The van der Waals surface area contributed by atoms with Crippen LogP contribution < -0.4 is 0 Å². The summed E-state index contributed by atoms with van der Waals surface area (Å²) in [5.41, 5.74) is -1.04. The van der Waals surface area contributed by atoms with Crippen LogP contribution in [0.2, 0.25) is 0 Å². The van der Waals surface area contributed by atoms with Gasteiger partial charge in [0.15, 0.2) is 11.5 Å². The van der Waals surface area contributed by atoms with Crippen LogP contribution in [0.4, 0.5) is 18.9 Å². The number of phenolic OH excluding ortho intramolecular Hbond substituents is 1. The highest BCUT2D eigenvalue weighted by Gasteiger charge is 2.30. The number of aromatic hydroxyl groups is 1. The number of hydrogen-bond donors (Lipinski definition) is 1. The first-order valence-corrected chi connectivity index (χ1v) is 6.55. The Morgan fingerprint density at radius 1 is 1.12 bits per heavy atom. The Balaban J connectivity index is 2.19. The van der Waals surface area contributed by atoms with E-state index in [4.69, 9.17) is 0 Å².